The Balaban J connectivity index is 1.29. The lowest BCUT2D eigenvalue weighted by Gasteiger charge is -2.67. The molecule has 5 saturated carbocycles. The van der Waals surface area contributed by atoms with E-state index in [2.05, 4.69) is 6.92 Å². The predicted octanol–water partition coefficient (Wildman–Crippen LogP) is 3.84. The number of phenols is 2. The number of aliphatic hydroxyl groups excluding tert-OH is 4. The van der Waals surface area contributed by atoms with Gasteiger partial charge in [0.05, 0.1) is 30.0 Å². The smallest absolute Gasteiger partial charge is 0.160 e. The van der Waals surface area contributed by atoms with E-state index in [1.165, 1.54) is 12.1 Å². The molecule has 2 spiro atoms. The van der Waals surface area contributed by atoms with Crippen LogP contribution in [0, 0.1) is 45.8 Å². The molecule has 1 aromatic carbocycles. The first kappa shape index (κ1) is 36.0. The Bertz CT molecular complexity index is 1620. The van der Waals surface area contributed by atoms with Gasteiger partial charge in [-0.3, -0.25) is 4.79 Å². The van der Waals surface area contributed by atoms with Gasteiger partial charge in [0.1, 0.15) is 11.2 Å². The summed E-state index contributed by atoms with van der Waals surface area (Å²) in [4.78, 5) is 14.7. The molecule has 8 rings (SSSR count). The van der Waals surface area contributed by atoms with Crippen LogP contribution < -0.4 is 0 Å². The van der Waals surface area contributed by atoms with Gasteiger partial charge in [0.2, 0.25) is 0 Å². The molecule has 1 heterocycles. The van der Waals surface area contributed by atoms with Crippen molar-refractivity contribution in [2.45, 2.75) is 145 Å². The van der Waals surface area contributed by atoms with Gasteiger partial charge in [-0.05, 0) is 90.0 Å². The van der Waals surface area contributed by atoms with Crippen LogP contribution in [0.25, 0.3) is 0 Å². The molecule has 15 atom stereocenters. The lowest BCUT2D eigenvalue weighted by atomic mass is 9.37. The number of hydrogen-bond acceptors (Lipinski definition) is 10. The molecule has 6 fully saturated rings. The Hall–Kier alpha value is -2.05. The molecule has 0 radical (unpaired) electrons. The predicted molar refractivity (Wildman–Crippen MR) is 186 cm³/mol. The molecule has 0 amide bonds. The topological polar surface area (TPSA) is 188 Å². The Kier molecular flexibility index (Phi) is 8.09. The highest BCUT2D eigenvalue weighted by Gasteiger charge is 2.82. The molecule has 8 N–H and O–H groups in total. The minimum absolute atomic E-state index is 0.00255. The number of carbonyl (C=O) groups is 1. The minimum Gasteiger partial charge on any atom is -0.504 e. The highest BCUT2D eigenvalue weighted by molar-refractivity contribution is 5.96. The van der Waals surface area contributed by atoms with E-state index in [1.54, 1.807) is 12.1 Å². The summed E-state index contributed by atoms with van der Waals surface area (Å²) in [5, 5.41) is 92.8. The Labute approximate surface area is 300 Å². The van der Waals surface area contributed by atoms with Crippen LogP contribution in [0.5, 0.6) is 11.5 Å². The first-order chi connectivity index (χ1) is 23.9. The third kappa shape index (κ3) is 4.38. The molecule has 10 heteroatoms. The lowest BCUT2D eigenvalue weighted by Crippen LogP contribution is -2.70. The summed E-state index contributed by atoms with van der Waals surface area (Å²) in [6.07, 6.45) is 4.03. The Morgan fingerprint density at radius 1 is 0.941 bits per heavy atom. The van der Waals surface area contributed by atoms with Crippen LogP contribution >= 0.6 is 0 Å². The Morgan fingerprint density at radius 2 is 1.65 bits per heavy atom. The van der Waals surface area contributed by atoms with E-state index < -0.39 is 75.2 Å². The zero-order chi connectivity index (χ0) is 36.7. The second-order valence-corrected chi connectivity index (χ2v) is 18.8. The first-order valence-corrected chi connectivity index (χ1v) is 19.5. The largest absolute Gasteiger partial charge is 0.504 e. The maximum absolute atomic E-state index is 14.7. The molecule has 7 aliphatic rings. The number of phenolic OH excluding ortho intramolecular Hbond substituents is 2. The number of aliphatic hydroxyl groups is 6. The zero-order valence-corrected chi connectivity index (χ0v) is 30.5. The number of benzene rings is 1. The molecule has 1 aliphatic heterocycles. The number of ether oxygens (including phenoxy) is 1. The van der Waals surface area contributed by atoms with Gasteiger partial charge in [-0.2, -0.15) is 0 Å². The van der Waals surface area contributed by atoms with Gasteiger partial charge >= 0.3 is 0 Å². The third-order valence-corrected chi connectivity index (χ3v) is 16.5. The monoisotopic (exact) mass is 710 g/mol. The molecule has 1 saturated heterocycles. The molecule has 10 nitrogen and oxygen atoms in total. The van der Waals surface area contributed by atoms with Crippen LogP contribution in [-0.2, 0) is 9.53 Å². The SMILES string of the molecule is C[C@H]1[C@@H](C)CCC[C@]2(O[C@H]3C[C@]4(O)C5=CC(=O)[C@H]6[C@@H](c7ccc(O)c(O)c7)[C@@H](O)[C@@H](O)C[C@]6(C)[C@@H]5C5(CCCC5)C[C@]4(C)[C@@H]3[C@]2(O)CCO)[C@H]1O. The molecule has 1 aromatic rings. The lowest BCUT2D eigenvalue weighted by molar-refractivity contribution is -0.241. The standard InChI is InChI=1S/C41H58O10/c1-21-8-7-13-41(35(48)22(21)2)39(49,14-15-42)34-29(51-41)19-40(50)24-17-27(45)31-30(23-9-10-25(43)26(44)16-23)32(47)28(46)18-36(31,3)33(24)38(11-5-6-12-38)20-37(34,40)4/h9-10,16-17,21-22,28-35,42-44,46-50H,5-8,11-15,18-20H2,1-4H3/t21-,22-,28-,29-,30+,31-,32-,33+,34+,35-,36-,37+,39+,40-,41-/m0/s1. The minimum atomic E-state index is -1.64. The van der Waals surface area contributed by atoms with E-state index >= 15 is 0 Å². The molecule has 0 unspecified atom stereocenters. The maximum Gasteiger partial charge on any atom is 0.160 e. The van der Waals surface area contributed by atoms with Gasteiger partial charge < -0.3 is 45.6 Å². The van der Waals surface area contributed by atoms with Gasteiger partial charge in [-0.15, -0.1) is 0 Å². The molecule has 282 valence electrons. The average Bonchev–Trinajstić information content (AvgIpc) is 3.66. The van der Waals surface area contributed by atoms with E-state index in [0.717, 1.165) is 38.5 Å². The van der Waals surface area contributed by atoms with Crippen LogP contribution in [0.3, 0.4) is 0 Å². The van der Waals surface area contributed by atoms with Gasteiger partial charge in [0.15, 0.2) is 17.3 Å². The normalized spacial score (nSPS) is 51.5. The van der Waals surface area contributed by atoms with E-state index in [-0.39, 0.29) is 60.9 Å². The molecular weight excluding hydrogens is 652 g/mol. The first-order valence-electron chi connectivity index (χ1n) is 19.5. The van der Waals surface area contributed by atoms with Crippen LogP contribution in [0.2, 0.25) is 0 Å². The van der Waals surface area contributed by atoms with Gasteiger partial charge in [-0.1, -0.05) is 59.4 Å². The van der Waals surface area contributed by atoms with Crippen molar-refractivity contribution in [2.24, 2.45) is 45.8 Å². The molecule has 0 bridgehead atoms. The fourth-order valence-corrected chi connectivity index (χ4v) is 14.5. The molecule has 51 heavy (non-hydrogen) atoms. The van der Waals surface area contributed by atoms with Gasteiger partial charge in [0.25, 0.3) is 0 Å². The average molecular weight is 711 g/mol. The quantitative estimate of drug-likeness (QED) is 0.214. The van der Waals surface area contributed by atoms with Crippen LogP contribution in [0.4, 0.5) is 0 Å². The summed E-state index contributed by atoms with van der Waals surface area (Å²) in [5.41, 5.74) is -5.69. The van der Waals surface area contributed by atoms with Crippen molar-refractivity contribution < 1.29 is 50.4 Å². The number of fused-ring (bicyclic) bond motifs is 8. The van der Waals surface area contributed by atoms with Crippen molar-refractivity contribution in [3.63, 3.8) is 0 Å². The molecular formula is C41H58O10. The third-order valence-electron chi connectivity index (χ3n) is 16.5. The van der Waals surface area contributed by atoms with Crippen molar-refractivity contribution in [1.82, 2.24) is 0 Å². The second-order valence-electron chi connectivity index (χ2n) is 18.8. The Morgan fingerprint density at radius 3 is 2.31 bits per heavy atom. The molecule has 0 aromatic heterocycles. The summed E-state index contributed by atoms with van der Waals surface area (Å²) >= 11 is 0. The number of aromatic hydroxyl groups is 2. The van der Waals surface area contributed by atoms with E-state index in [9.17, 15) is 45.6 Å². The summed E-state index contributed by atoms with van der Waals surface area (Å²) in [7, 11) is 0. The van der Waals surface area contributed by atoms with Gasteiger partial charge in [-0.25, -0.2) is 0 Å². The number of hydrogen-bond donors (Lipinski definition) is 8. The number of rotatable bonds is 3. The second kappa shape index (κ2) is 11.5. The van der Waals surface area contributed by atoms with Crippen molar-refractivity contribution in [1.29, 1.82) is 0 Å². The van der Waals surface area contributed by atoms with Crippen molar-refractivity contribution in [2.75, 3.05) is 6.61 Å². The van der Waals surface area contributed by atoms with E-state index in [0.29, 0.717) is 24.0 Å². The van der Waals surface area contributed by atoms with Crippen LogP contribution in [0.15, 0.2) is 29.8 Å². The fraction of sp³-hybridized carbons (Fsp3) is 0.780. The molecule has 6 aliphatic carbocycles. The fourth-order valence-electron chi connectivity index (χ4n) is 14.5. The summed E-state index contributed by atoms with van der Waals surface area (Å²) < 4.78 is 7.03. The summed E-state index contributed by atoms with van der Waals surface area (Å²) in [6, 6.07) is 4.28. The van der Waals surface area contributed by atoms with Crippen molar-refractivity contribution >= 4 is 5.78 Å². The van der Waals surface area contributed by atoms with Gasteiger partial charge in [0, 0.05) is 42.6 Å². The zero-order valence-electron chi connectivity index (χ0n) is 30.5. The summed E-state index contributed by atoms with van der Waals surface area (Å²) in [5.74, 6) is -3.46. The van der Waals surface area contributed by atoms with Crippen LogP contribution in [0.1, 0.15) is 110 Å². The highest BCUT2D eigenvalue weighted by Crippen LogP contribution is 2.78. The number of carbonyl (C=O) groups excluding carboxylic acids is 1. The summed E-state index contributed by atoms with van der Waals surface area (Å²) in [6.45, 7) is 7.88. The maximum atomic E-state index is 14.7. The number of allylic oxidation sites excluding steroid dienone is 1. The number of ketones is 1. The van der Waals surface area contributed by atoms with Crippen LogP contribution in [-0.4, -0.2) is 94.5 Å². The van der Waals surface area contributed by atoms with E-state index in [4.69, 9.17) is 4.74 Å². The van der Waals surface area contributed by atoms with Crippen molar-refractivity contribution in [3.8, 4) is 11.5 Å². The highest BCUT2D eigenvalue weighted by atomic mass is 16.6. The van der Waals surface area contributed by atoms with E-state index in [1.807, 2.05) is 20.8 Å². The van der Waals surface area contributed by atoms with Crippen molar-refractivity contribution in [3.05, 3.63) is 35.4 Å².